The van der Waals surface area contributed by atoms with Crippen LogP contribution in [0.25, 0.3) is 0 Å². The fourth-order valence-corrected chi connectivity index (χ4v) is 2.03. The molecule has 1 unspecified atom stereocenters. The largest absolute Gasteiger partial charge is 0.598 e. The van der Waals surface area contributed by atoms with E-state index in [2.05, 4.69) is 14.7 Å². The Morgan fingerprint density at radius 3 is 2.50 bits per heavy atom. The summed E-state index contributed by atoms with van der Waals surface area (Å²) in [7, 11) is 0. The van der Waals surface area contributed by atoms with Crippen molar-refractivity contribution in [3.63, 3.8) is 0 Å². The third-order valence-corrected chi connectivity index (χ3v) is 3.91. The molecular weight excluding hydrogens is 229 g/mol. The molecule has 1 heterocycles. The van der Waals surface area contributed by atoms with Crippen molar-refractivity contribution in [1.29, 1.82) is 0 Å². The molecule has 0 aliphatic heterocycles. The molecule has 1 aromatic heterocycles. The third kappa shape index (κ3) is 3.70. The van der Waals surface area contributed by atoms with Gasteiger partial charge >= 0.3 is 0 Å². The first-order chi connectivity index (χ1) is 7.54. The molecule has 90 valence electrons. The Morgan fingerprint density at radius 1 is 1.44 bits per heavy atom. The zero-order valence-corrected chi connectivity index (χ0v) is 10.4. The van der Waals surface area contributed by atoms with Gasteiger partial charge in [0.15, 0.2) is 5.82 Å². The highest BCUT2D eigenvalue weighted by Crippen LogP contribution is 2.11. The molecule has 6 heteroatoms. The van der Waals surface area contributed by atoms with Crippen molar-refractivity contribution in [2.75, 3.05) is 0 Å². The van der Waals surface area contributed by atoms with E-state index in [0.717, 1.165) is 18.8 Å². The Kier molecular flexibility index (Phi) is 5.11. The first-order valence-electron chi connectivity index (χ1n) is 5.18. The molecule has 16 heavy (non-hydrogen) atoms. The molecule has 0 aliphatic rings. The zero-order valence-electron chi connectivity index (χ0n) is 9.61. The van der Waals surface area contributed by atoms with Crippen LogP contribution in [0.4, 0.5) is 4.39 Å². The van der Waals surface area contributed by atoms with Crippen LogP contribution in [-0.4, -0.2) is 19.8 Å². The maximum Gasteiger partial charge on any atom is 0.159 e. The van der Waals surface area contributed by atoms with Crippen LogP contribution >= 0.6 is 0 Å². The van der Waals surface area contributed by atoms with Gasteiger partial charge in [0.25, 0.3) is 0 Å². The summed E-state index contributed by atoms with van der Waals surface area (Å²) in [4.78, 5) is 7.67. The van der Waals surface area contributed by atoms with Crippen molar-refractivity contribution in [3.8, 4) is 0 Å². The molecule has 0 aliphatic carbocycles. The summed E-state index contributed by atoms with van der Waals surface area (Å²) in [5.41, 5.74) is 0. The van der Waals surface area contributed by atoms with Crippen molar-refractivity contribution in [1.82, 2.24) is 14.7 Å². The van der Waals surface area contributed by atoms with Gasteiger partial charge in [0.1, 0.15) is 17.1 Å². The molecule has 0 saturated heterocycles. The van der Waals surface area contributed by atoms with Gasteiger partial charge in [-0.2, -0.15) is 0 Å². The van der Waals surface area contributed by atoms with E-state index in [1.54, 1.807) is 6.92 Å². The maximum absolute atomic E-state index is 12.6. The fourth-order valence-electron chi connectivity index (χ4n) is 1.04. The van der Waals surface area contributed by atoms with E-state index < -0.39 is 17.2 Å². The van der Waals surface area contributed by atoms with Gasteiger partial charge in [-0.05, 0) is 20.3 Å². The number of hydrogen-bond donors (Lipinski definition) is 1. The predicted octanol–water partition coefficient (Wildman–Crippen LogP) is 1.73. The standard InChI is InChI=1S/C10H16FN3OS/c1-4-7(2)16(15)14-8(3)10-12-5-9(11)6-13-10/h5-8,14H,4H2,1-3H3/t7-,8+,16?/m1/s1. The molecule has 1 N–H and O–H groups in total. The van der Waals surface area contributed by atoms with Gasteiger partial charge in [-0.15, -0.1) is 4.72 Å². The Labute approximate surface area is 98.0 Å². The van der Waals surface area contributed by atoms with Crippen molar-refractivity contribution >= 4 is 11.4 Å². The predicted molar refractivity (Wildman–Crippen MR) is 61.4 cm³/mol. The number of nitrogens with zero attached hydrogens (tertiary/aromatic N) is 2. The van der Waals surface area contributed by atoms with E-state index in [4.69, 9.17) is 0 Å². The monoisotopic (exact) mass is 245 g/mol. The van der Waals surface area contributed by atoms with Gasteiger partial charge in [0.05, 0.1) is 12.4 Å². The van der Waals surface area contributed by atoms with Crippen LogP contribution in [0.15, 0.2) is 12.4 Å². The lowest BCUT2D eigenvalue weighted by atomic mass is 10.3. The fraction of sp³-hybridized carbons (Fsp3) is 0.600. The van der Waals surface area contributed by atoms with E-state index in [0.29, 0.717) is 5.82 Å². The van der Waals surface area contributed by atoms with E-state index >= 15 is 0 Å². The van der Waals surface area contributed by atoms with E-state index in [1.807, 2.05) is 13.8 Å². The van der Waals surface area contributed by atoms with Gasteiger partial charge < -0.3 is 4.55 Å². The molecule has 0 radical (unpaired) electrons. The van der Waals surface area contributed by atoms with Crippen LogP contribution < -0.4 is 4.72 Å². The molecule has 1 rings (SSSR count). The summed E-state index contributed by atoms with van der Waals surface area (Å²) in [6.45, 7) is 5.68. The lowest BCUT2D eigenvalue weighted by Crippen LogP contribution is -2.34. The molecular formula is C10H16FN3OS. The van der Waals surface area contributed by atoms with Crippen LogP contribution in [0.3, 0.4) is 0 Å². The second-order valence-electron chi connectivity index (χ2n) is 3.62. The van der Waals surface area contributed by atoms with Gasteiger partial charge in [-0.25, -0.2) is 14.4 Å². The summed E-state index contributed by atoms with van der Waals surface area (Å²) in [6, 6.07) is -0.254. The zero-order chi connectivity index (χ0) is 12.1. The van der Waals surface area contributed by atoms with Gasteiger partial charge in [-0.1, -0.05) is 6.92 Å². The summed E-state index contributed by atoms with van der Waals surface area (Å²) < 4.78 is 27.2. The molecule has 1 aromatic rings. The van der Waals surface area contributed by atoms with Crippen LogP contribution in [0.5, 0.6) is 0 Å². The molecule has 4 nitrogen and oxygen atoms in total. The molecule has 0 saturated carbocycles. The van der Waals surface area contributed by atoms with Gasteiger partial charge in [0, 0.05) is 11.4 Å². The average molecular weight is 245 g/mol. The van der Waals surface area contributed by atoms with Crippen LogP contribution in [-0.2, 0) is 11.4 Å². The van der Waals surface area contributed by atoms with E-state index in [9.17, 15) is 8.94 Å². The Bertz CT molecular complexity index is 322. The molecule has 0 fully saturated rings. The van der Waals surface area contributed by atoms with Crippen LogP contribution in [0, 0.1) is 5.82 Å². The topological polar surface area (TPSA) is 60.9 Å². The lowest BCUT2D eigenvalue weighted by molar-refractivity contribution is 0.541. The SMILES string of the molecule is CC[C@@H](C)[S+]([O-])N[C@@H](C)c1ncc(F)cn1. The van der Waals surface area contributed by atoms with Gasteiger partial charge in [-0.3, -0.25) is 0 Å². The smallest absolute Gasteiger partial charge is 0.159 e. The minimum absolute atomic E-state index is 0.0721. The number of hydrogen-bond acceptors (Lipinski definition) is 4. The highest BCUT2D eigenvalue weighted by Gasteiger charge is 2.20. The first kappa shape index (κ1) is 13.3. The number of halogens is 1. The highest BCUT2D eigenvalue weighted by molar-refractivity contribution is 7.90. The minimum Gasteiger partial charge on any atom is -0.598 e. The summed E-state index contributed by atoms with van der Waals surface area (Å²) in [6.07, 6.45) is 3.04. The Balaban J connectivity index is 2.58. The van der Waals surface area contributed by atoms with E-state index in [1.165, 1.54) is 0 Å². The normalized spacial score (nSPS) is 16.8. The Hall–Kier alpha value is -0.720. The summed E-state index contributed by atoms with van der Waals surface area (Å²) in [5, 5.41) is 0.0721. The number of nitrogens with one attached hydrogen (secondary N) is 1. The maximum atomic E-state index is 12.6. The molecule has 3 atom stereocenters. The Morgan fingerprint density at radius 2 is 2.00 bits per heavy atom. The lowest BCUT2D eigenvalue weighted by Gasteiger charge is -2.19. The second-order valence-corrected chi connectivity index (χ2v) is 5.25. The van der Waals surface area contributed by atoms with Crippen molar-refractivity contribution in [2.24, 2.45) is 0 Å². The van der Waals surface area contributed by atoms with Crippen molar-refractivity contribution in [2.45, 2.75) is 38.5 Å². The van der Waals surface area contributed by atoms with Crippen molar-refractivity contribution in [3.05, 3.63) is 24.0 Å². The summed E-state index contributed by atoms with van der Waals surface area (Å²) in [5.74, 6) is -0.0305. The minimum atomic E-state index is -1.12. The number of rotatable bonds is 5. The molecule has 0 amide bonds. The quantitative estimate of drug-likeness (QED) is 0.802. The van der Waals surface area contributed by atoms with Crippen LogP contribution in [0.2, 0.25) is 0 Å². The average Bonchev–Trinajstić information content (AvgIpc) is 2.28. The van der Waals surface area contributed by atoms with Gasteiger partial charge in [0.2, 0.25) is 0 Å². The van der Waals surface area contributed by atoms with E-state index in [-0.39, 0.29) is 11.3 Å². The third-order valence-electron chi connectivity index (χ3n) is 2.26. The first-order valence-corrected chi connectivity index (χ1v) is 6.40. The molecule has 0 aromatic carbocycles. The second kappa shape index (κ2) is 6.12. The molecule has 0 spiro atoms. The summed E-state index contributed by atoms with van der Waals surface area (Å²) >= 11 is -1.12. The van der Waals surface area contributed by atoms with Crippen LogP contribution in [0.1, 0.15) is 39.1 Å². The highest BCUT2D eigenvalue weighted by atomic mass is 32.2. The van der Waals surface area contributed by atoms with Crippen molar-refractivity contribution < 1.29 is 8.94 Å². The number of aromatic nitrogens is 2. The molecule has 0 bridgehead atoms.